The lowest BCUT2D eigenvalue weighted by molar-refractivity contribution is 0.434. The topological polar surface area (TPSA) is 3.24 Å². The molecule has 0 N–H and O–H groups in total. The summed E-state index contributed by atoms with van der Waals surface area (Å²) in [4.78, 5) is 2.35. The first kappa shape index (κ1) is 11.8. The Bertz CT molecular complexity index is 350. The van der Waals surface area contributed by atoms with Gasteiger partial charge < -0.3 is 4.90 Å². The van der Waals surface area contributed by atoms with Gasteiger partial charge in [0.2, 0.25) is 0 Å². The van der Waals surface area contributed by atoms with Crippen LogP contribution in [0.3, 0.4) is 0 Å². The number of nitrogens with zero attached hydrogens (tertiary/aromatic N) is 1. The first-order valence-corrected chi connectivity index (χ1v) is 6.55. The molecule has 2 rings (SSSR count). The average Bonchev–Trinajstić information content (AvgIpc) is 2.29. The van der Waals surface area contributed by atoms with Crippen LogP contribution in [0.4, 0.5) is 5.69 Å². The highest BCUT2D eigenvalue weighted by molar-refractivity contribution is 6.21. The van der Waals surface area contributed by atoms with Gasteiger partial charge in [0, 0.05) is 18.8 Å². The highest BCUT2D eigenvalue weighted by Crippen LogP contribution is 2.29. The molecule has 1 fully saturated rings. The fraction of sp³-hybridized carbons (Fsp3) is 0.571. The quantitative estimate of drug-likeness (QED) is 0.704. The summed E-state index contributed by atoms with van der Waals surface area (Å²) in [5.41, 5.74) is 2.60. The molecule has 0 radical (unpaired) electrons. The second-order valence-electron chi connectivity index (χ2n) is 4.82. The first-order valence-electron chi connectivity index (χ1n) is 6.12. The third kappa shape index (κ3) is 2.52. The molecule has 0 saturated heterocycles. The van der Waals surface area contributed by atoms with Crippen molar-refractivity contribution in [3.8, 4) is 0 Å². The van der Waals surface area contributed by atoms with E-state index in [-0.39, 0.29) is 0 Å². The van der Waals surface area contributed by atoms with E-state index in [9.17, 15) is 0 Å². The molecule has 1 aromatic carbocycles. The highest BCUT2D eigenvalue weighted by Gasteiger charge is 2.26. The normalized spacial score (nSPS) is 25.4. The number of halogens is 1. The molecule has 16 heavy (non-hydrogen) atoms. The summed E-state index contributed by atoms with van der Waals surface area (Å²) in [6.45, 7) is 2.14. The molecule has 2 heteroatoms. The fourth-order valence-electron chi connectivity index (χ4n) is 2.54. The van der Waals surface area contributed by atoms with E-state index in [0.717, 1.165) is 6.42 Å². The summed E-state index contributed by atoms with van der Waals surface area (Å²) < 4.78 is 0. The van der Waals surface area contributed by atoms with Gasteiger partial charge in [0.1, 0.15) is 0 Å². The molecule has 2 atom stereocenters. The molecule has 0 aromatic heterocycles. The summed E-state index contributed by atoms with van der Waals surface area (Å²) in [5, 5.41) is 0.305. The summed E-state index contributed by atoms with van der Waals surface area (Å²) in [7, 11) is 2.17. The Morgan fingerprint density at radius 3 is 2.69 bits per heavy atom. The van der Waals surface area contributed by atoms with Crippen LogP contribution in [0.15, 0.2) is 24.3 Å². The van der Waals surface area contributed by atoms with Crippen molar-refractivity contribution in [2.75, 3.05) is 11.9 Å². The van der Waals surface area contributed by atoms with Crippen LogP contribution in [0.2, 0.25) is 0 Å². The van der Waals surface area contributed by atoms with Gasteiger partial charge in [0.25, 0.3) is 0 Å². The Hall–Kier alpha value is -0.690. The minimum Gasteiger partial charge on any atom is -0.370 e. The Morgan fingerprint density at radius 2 is 2.00 bits per heavy atom. The van der Waals surface area contributed by atoms with Crippen molar-refractivity contribution < 1.29 is 0 Å². The summed E-state index contributed by atoms with van der Waals surface area (Å²) >= 11 is 6.43. The highest BCUT2D eigenvalue weighted by atomic mass is 35.5. The molecule has 1 aromatic rings. The van der Waals surface area contributed by atoms with E-state index < -0.39 is 0 Å². The minimum absolute atomic E-state index is 0.305. The Balaban J connectivity index is 2.14. The zero-order valence-corrected chi connectivity index (χ0v) is 10.9. The number of anilines is 1. The van der Waals surface area contributed by atoms with Crippen LogP contribution < -0.4 is 4.90 Å². The van der Waals surface area contributed by atoms with Crippen LogP contribution in [-0.2, 0) is 0 Å². The molecule has 0 unspecified atom stereocenters. The summed E-state index contributed by atoms with van der Waals surface area (Å²) in [6, 6.07) is 9.16. The van der Waals surface area contributed by atoms with Crippen LogP contribution in [0.5, 0.6) is 0 Å². The smallest absolute Gasteiger partial charge is 0.0539 e. The number of benzene rings is 1. The number of rotatable bonds is 2. The van der Waals surface area contributed by atoms with E-state index in [0.29, 0.717) is 11.4 Å². The third-order valence-electron chi connectivity index (χ3n) is 3.55. The monoisotopic (exact) mass is 237 g/mol. The van der Waals surface area contributed by atoms with Crippen molar-refractivity contribution in [3.63, 3.8) is 0 Å². The molecule has 0 heterocycles. The predicted octanol–water partition coefficient (Wildman–Crippen LogP) is 3.98. The van der Waals surface area contributed by atoms with Gasteiger partial charge in [0.15, 0.2) is 0 Å². The lowest BCUT2D eigenvalue weighted by atomic mass is 9.93. The molecule has 0 bridgehead atoms. The SMILES string of the molecule is Cc1cccc(N(C)[C@@H]2CCCC[C@H]2Cl)c1. The van der Waals surface area contributed by atoms with E-state index in [1.165, 1.54) is 30.5 Å². The lowest BCUT2D eigenvalue weighted by Gasteiger charge is -2.36. The molecular weight excluding hydrogens is 218 g/mol. The van der Waals surface area contributed by atoms with Gasteiger partial charge in [-0.15, -0.1) is 11.6 Å². The van der Waals surface area contributed by atoms with Crippen molar-refractivity contribution in [1.82, 2.24) is 0 Å². The van der Waals surface area contributed by atoms with Gasteiger partial charge in [-0.3, -0.25) is 0 Å². The second-order valence-corrected chi connectivity index (χ2v) is 5.38. The molecular formula is C14H20ClN. The maximum absolute atomic E-state index is 6.43. The van der Waals surface area contributed by atoms with Crippen LogP contribution >= 0.6 is 11.6 Å². The minimum atomic E-state index is 0.305. The van der Waals surface area contributed by atoms with Gasteiger partial charge in [-0.1, -0.05) is 25.0 Å². The van der Waals surface area contributed by atoms with Crippen molar-refractivity contribution in [2.45, 2.75) is 44.0 Å². The van der Waals surface area contributed by atoms with Crippen molar-refractivity contribution in [3.05, 3.63) is 29.8 Å². The zero-order valence-electron chi connectivity index (χ0n) is 10.1. The lowest BCUT2D eigenvalue weighted by Crippen LogP contribution is -2.40. The van der Waals surface area contributed by atoms with Crippen LogP contribution in [-0.4, -0.2) is 18.5 Å². The fourth-order valence-corrected chi connectivity index (χ4v) is 2.99. The summed E-state index contributed by atoms with van der Waals surface area (Å²) in [6.07, 6.45) is 4.97. The predicted molar refractivity (Wildman–Crippen MR) is 71.5 cm³/mol. The van der Waals surface area contributed by atoms with Crippen LogP contribution in [0.1, 0.15) is 31.2 Å². The summed E-state index contributed by atoms with van der Waals surface area (Å²) in [5.74, 6) is 0. The van der Waals surface area contributed by atoms with Crippen molar-refractivity contribution in [2.24, 2.45) is 0 Å². The maximum atomic E-state index is 6.43. The van der Waals surface area contributed by atoms with Gasteiger partial charge in [-0.2, -0.15) is 0 Å². The largest absolute Gasteiger partial charge is 0.370 e. The standard InChI is InChI=1S/C14H20ClN/c1-11-6-5-7-12(10-11)16(2)14-9-4-3-8-13(14)15/h5-7,10,13-14H,3-4,8-9H2,1-2H3/t13-,14-/m1/s1. The number of hydrogen-bond acceptors (Lipinski definition) is 1. The van der Waals surface area contributed by atoms with Gasteiger partial charge in [-0.05, 0) is 37.5 Å². The molecule has 0 spiro atoms. The van der Waals surface area contributed by atoms with Crippen molar-refractivity contribution >= 4 is 17.3 Å². The number of aryl methyl sites for hydroxylation is 1. The Labute approximate surface area is 103 Å². The first-order chi connectivity index (χ1) is 7.68. The molecule has 1 aliphatic rings. The van der Waals surface area contributed by atoms with Gasteiger partial charge >= 0.3 is 0 Å². The zero-order chi connectivity index (χ0) is 11.5. The average molecular weight is 238 g/mol. The van der Waals surface area contributed by atoms with E-state index in [1.54, 1.807) is 0 Å². The molecule has 0 amide bonds. The van der Waals surface area contributed by atoms with E-state index >= 15 is 0 Å². The molecule has 1 saturated carbocycles. The Morgan fingerprint density at radius 1 is 1.25 bits per heavy atom. The third-order valence-corrected chi connectivity index (χ3v) is 4.06. The van der Waals surface area contributed by atoms with E-state index in [1.807, 2.05) is 0 Å². The van der Waals surface area contributed by atoms with Crippen molar-refractivity contribution in [1.29, 1.82) is 0 Å². The molecule has 1 aliphatic carbocycles. The maximum Gasteiger partial charge on any atom is 0.0539 e. The van der Waals surface area contributed by atoms with Gasteiger partial charge in [0.05, 0.1) is 5.38 Å². The number of alkyl halides is 1. The van der Waals surface area contributed by atoms with Crippen LogP contribution in [0, 0.1) is 6.92 Å². The molecule has 1 nitrogen and oxygen atoms in total. The molecule has 0 aliphatic heterocycles. The second kappa shape index (κ2) is 5.09. The van der Waals surface area contributed by atoms with E-state index in [4.69, 9.17) is 11.6 Å². The molecule has 88 valence electrons. The van der Waals surface area contributed by atoms with E-state index in [2.05, 4.69) is 43.1 Å². The van der Waals surface area contributed by atoms with Crippen LogP contribution in [0.25, 0.3) is 0 Å². The Kier molecular flexibility index (Phi) is 3.75. The number of hydrogen-bond donors (Lipinski definition) is 0. The van der Waals surface area contributed by atoms with Gasteiger partial charge in [-0.25, -0.2) is 0 Å².